The Balaban J connectivity index is 2.92. The summed E-state index contributed by atoms with van der Waals surface area (Å²) in [6, 6.07) is 3.22. The topological polar surface area (TPSA) is 91.9 Å². The van der Waals surface area contributed by atoms with Crippen molar-refractivity contribution in [3.8, 4) is 0 Å². The smallest absolute Gasteiger partial charge is 0.258 e. The molecule has 16 heavy (non-hydrogen) atoms. The zero-order valence-electron chi connectivity index (χ0n) is 8.08. The SMILES string of the molecule is [N-]=[N+]=NCC=Cc1cc(F)cc([N+](=O)[O-])c1. The third-order valence-corrected chi connectivity index (χ3v) is 1.68. The van der Waals surface area contributed by atoms with Crippen molar-refractivity contribution < 1.29 is 9.31 Å². The van der Waals surface area contributed by atoms with Crippen molar-refractivity contribution in [3.05, 3.63) is 56.2 Å². The third-order valence-electron chi connectivity index (χ3n) is 1.68. The number of nitro groups is 1. The summed E-state index contributed by atoms with van der Waals surface area (Å²) in [5.74, 6) is -0.683. The lowest BCUT2D eigenvalue weighted by Crippen LogP contribution is -1.90. The average Bonchev–Trinajstić information content (AvgIpc) is 2.23. The lowest BCUT2D eigenvalue weighted by molar-refractivity contribution is -0.385. The Hall–Kier alpha value is -2.40. The highest BCUT2D eigenvalue weighted by atomic mass is 19.1. The molecule has 7 heteroatoms. The quantitative estimate of drug-likeness (QED) is 0.257. The third kappa shape index (κ3) is 3.39. The second-order valence-corrected chi connectivity index (χ2v) is 2.82. The molecule has 0 fully saturated rings. The van der Waals surface area contributed by atoms with E-state index in [2.05, 4.69) is 10.0 Å². The molecule has 1 aromatic carbocycles. The van der Waals surface area contributed by atoms with Crippen molar-refractivity contribution in [1.29, 1.82) is 0 Å². The van der Waals surface area contributed by atoms with Crippen LogP contribution in [0.15, 0.2) is 29.4 Å². The molecule has 0 heterocycles. The standard InChI is InChI=1S/C9H7FN4O2/c10-8-4-7(2-1-3-12-13-11)5-9(6-8)14(15)16/h1-2,4-6H,3H2. The lowest BCUT2D eigenvalue weighted by Gasteiger charge is -1.95. The first kappa shape index (κ1) is 11.7. The summed E-state index contributed by atoms with van der Waals surface area (Å²) in [4.78, 5) is 12.3. The number of hydrogen-bond acceptors (Lipinski definition) is 3. The molecule has 0 aliphatic carbocycles. The highest BCUT2D eigenvalue weighted by Crippen LogP contribution is 2.17. The maximum atomic E-state index is 12.9. The van der Waals surface area contributed by atoms with Crippen LogP contribution >= 0.6 is 0 Å². The number of azide groups is 1. The number of nitro benzene ring substituents is 1. The fourth-order valence-corrected chi connectivity index (χ4v) is 1.07. The van der Waals surface area contributed by atoms with Gasteiger partial charge < -0.3 is 0 Å². The predicted molar refractivity (Wildman–Crippen MR) is 56.1 cm³/mol. The van der Waals surface area contributed by atoms with Gasteiger partial charge in [0.2, 0.25) is 0 Å². The molecule has 0 aliphatic heterocycles. The van der Waals surface area contributed by atoms with Crippen LogP contribution in [0.25, 0.3) is 16.5 Å². The molecule has 0 amide bonds. The van der Waals surface area contributed by atoms with Gasteiger partial charge in [0, 0.05) is 17.5 Å². The van der Waals surface area contributed by atoms with Crippen LogP contribution in [0.3, 0.4) is 0 Å². The van der Waals surface area contributed by atoms with Gasteiger partial charge in [-0.15, -0.1) is 0 Å². The van der Waals surface area contributed by atoms with E-state index in [-0.39, 0.29) is 12.2 Å². The van der Waals surface area contributed by atoms with Crippen LogP contribution in [0, 0.1) is 15.9 Å². The van der Waals surface area contributed by atoms with Gasteiger partial charge in [0.1, 0.15) is 5.82 Å². The molecule has 0 saturated heterocycles. The van der Waals surface area contributed by atoms with Crippen LogP contribution in [-0.2, 0) is 0 Å². The zero-order valence-corrected chi connectivity index (χ0v) is 8.08. The number of halogens is 1. The van der Waals surface area contributed by atoms with Crippen LogP contribution in [-0.4, -0.2) is 11.5 Å². The van der Waals surface area contributed by atoms with Gasteiger partial charge in [0.15, 0.2) is 0 Å². The second kappa shape index (κ2) is 5.47. The average molecular weight is 222 g/mol. The summed E-state index contributed by atoms with van der Waals surface area (Å²) < 4.78 is 12.9. The van der Waals surface area contributed by atoms with Gasteiger partial charge in [-0.05, 0) is 17.2 Å². The Kier molecular flexibility index (Phi) is 3.99. The minimum Gasteiger partial charge on any atom is -0.258 e. The Labute approximate surface area is 89.8 Å². The minimum absolute atomic E-state index is 0.112. The molecule has 0 aromatic heterocycles. The first-order valence-corrected chi connectivity index (χ1v) is 4.26. The van der Waals surface area contributed by atoms with Crippen molar-refractivity contribution in [2.24, 2.45) is 5.11 Å². The van der Waals surface area contributed by atoms with Crippen molar-refractivity contribution in [3.63, 3.8) is 0 Å². The Bertz CT molecular complexity index is 480. The molecule has 1 aromatic rings. The molecule has 0 saturated carbocycles. The molecule has 0 bridgehead atoms. The fourth-order valence-electron chi connectivity index (χ4n) is 1.07. The van der Waals surface area contributed by atoms with Crippen LogP contribution in [0.4, 0.5) is 10.1 Å². The van der Waals surface area contributed by atoms with E-state index in [1.54, 1.807) is 0 Å². The van der Waals surface area contributed by atoms with Gasteiger partial charge in [-0.25, -0.2) is 4.39 Å². The molecule has 82 valence electrons. The zero-order chi connectivity index (χ0) is 12.0. The summed E-state index contributed by atoms with van der Waals surface area (Å²) in [5, 5.41) is 13.7. The van der Waals surface area contributed by atoms with E-state index in [0.29, 0.717) is 5.56 Å². The minimum atomic E-state index is -0.683. The molecule has 0 N–H and O–H groups in total. The van der Waals surface area contributed by atoms with E-state index in [1.165, 1.54) is 18.2 Å². The van der Waals surface area contributed by atoms with Gasteiger partial charge in [-0.1, -0.05) is 17.3 Å². The largest absolute Gasteiger partial charge is 0.272 e. The molecular weight excluding hydrogens is 215 g/mol. The van der Waals surface area contributed by atoms with Crippen molar-refractivity contribution in [2.75, 3.05) is 6.54 Å². The van der Waals surface area contributed by atoms with E-state index in [1.807, 2.05) is 0 Å². The summed E-state index contributed by atoms with van der Waals surface area (Å²) in [7, 11) is 0. The van der Waals surface area contributed by atoms with E-state index < -0.39 is 10.7 Å². The number of rotatable bonds is 4. The Morgan fingerprint density at radius 1 is 1.56 bits per heavy atom. The van der Waals surface area contributed by atoms with E-state index in [9.17, 15) is 14.5 Å². The Morgan fingerprint density at radius 2 is 2.31 bits per heavy atom. The molecule has 0 unspecified atom stereocenters. The van der Waals surface area contributed by atoms with Crippen LogP contribution in [0.5, 0.6) is 0 Å². The predicted octanol–water partition coefficient (Wildman–Crippen LogP) is 3.06. The molecule has 0 spiro atoms. The maximum Gasteiger partial charge on any atom is 0.272 e. The first-order chi connectivity index (χ1) is 7.63. The molecule has 0 aliphatic rings. The van der Waals surface area contributed by atoms with Crippen LogP contribution in [0.2, 0.25) is 0 Å². The van der Waals surface area contributed by atoms with Crippen molar-refractivity contribution in [1.82, 2.24) is 0 Å². The fraction of sp³-hybridized carbons (Fsp3) is 0.111. The summed E-state index contributed by atoms with van der Waals surface area (Å²) in [6.45, 7) is 0.112. The summed E-state index contributed by atoms with van der Waals surface area (Å²) in [5.41, 5.74) is 8.03. The number of nitrogens with zero attached hydrogens (tertiary/aromatic N) is 4. The maximum absolute atomic E-state index is 12.9. The van der Waals surface area contributed by atoms with Crippen molar-refractivity contribution in [2.45, 2.75) is 0 Å². The molecule has 0 atom stereocenters. The number of benzene rings is 1. The summed E-state index contributed by atoms with van der Waals surface area (Å²) >= 11 is 0. The highest BCUT2D eigenvalue weighted by molar-refractivity contribution is 5.53. The van der Waals surface area contributed by atoms with E-state index >= 15 is 0 Å². The molecule has 0 radical (unpaired) electrons. The summed E-state index contributed by atoms with van der Waals surface area (Å²) in [6.07, 6.45) is 2.93. The van der Waals surface area contributed by atoms with Gasteiger partial charge in [0.05, 0.1) is 11.0 Å². The number of non-ortho nitro benzene ring substituents is 1. The normalized spacial score (nSPS) is 10.1. The first-order valence-electron chi connectivity index (χ1n) is 4.26. The van der Waals surface area contributed by atoms with E-state index in [0.717, 1.165) is 12.1 Å². The van der Waals surface area contributed by atoms with Crippen LogP contribution in [0.1, 0.15) is 5.56 Å². The van der Waals surface area contributed by atoms with E-state index in [4.69, 9.17) is 5.53 Å². The van der Waals surface area contributed by atoms with Gasteiger partial charge >= 0.3 is 0 Å². The highest BCUT2D eigenvalue weighted by Gasteiger charge is 2.07. The monoisotopic (exact) mass is 222 g/mol. The molecular formula is C9H7FN4O2. The van der Waals surface area contributed by atoms with Crippen LogP contribution < -0.4 is 0 Å². The molecule has 6 nitrogen and oxygen atoms in total. The van der Waals surface area contributed by atoms with Gasteiger partial charge in [-0.2, -0.15) is 0 Å². The second-order valence-electron chi connectivity index (χ2n) is 2.82. The van der Waals surface area contributed by atoms with Gasteiger partial charge in [-0.3, -0.25) is 10.1 Å². The number of hydrogen-bond donors (Lipinski definition) is 0. The van der Waals surface area contributed by atoms with Crippen molar-refractivity contribution >= 4 is 11.8 Å². The Morgan fingerprint density at radius 3 is 2.94 bits per heavy atom. The van der Waals surface area contributed by atoms with Gasteiger partial charge in [0.25, 0.3) is 5.69 Å². The lowest BCUT2D eigenvalue weighted by atomic mass is 10.2. The molecule has 1 rings (SSSR count).